The minimum atomic E-state index is -0.185. The molecule has 2 aliphatic rings. The summed E-state index contributed by atoms with van der Waals surface area (Å²) < 4.78 is 5.30. The van der Waals surface area contributed by atoms with Gasteiger partial charge in [-0.15, -0.1) is 11.3 Å². The number of methoxy groups -OCH3 is 1. The van der Waals surface area contributed by atoms with E-state index in [-0.39, 0.29) is 23.5 Å². The van der Waals surface area contributed by atoms with E-state index in [0.717, 1.165) is 22.6 Å². The molecule has 2 atom stereocenters. The second-order valence-corrected chi connectivity index (χ2v) is 7.50. The first-order valence-corrected chi connectivity index (χ1v) is 9.27. The zero-order valence-corrected chi connectivity index (χ0v) is 14.8. The first kappa shape index (κ1) is 16.1. The van der Waals surface area contributed by atoms with Crippen molar-refractivity contribution in [3.05, 3.63) is 63.5 Å². The fourth-order valence-corrected chi connectivity index (χ4v) is 4.66. The third kappa shape index (κ3) is 3.00. The number of ether oxygens (including phenoxy) is 1. The van der Waals surface area contributed by atoms with Crippen LogP contribution in [0.4, 0.5) is 0 Å². The van der Waals surface area contributed by atoms with Crippen molar-refractivity contribution in [1.29, 1.82) is 0 Å². The molecule has 2 heterocycles. The molecule has 0 saturated carbocycles. The van der Waals surface area contributed by atoms with Crippen molar-refractivity contribution < 1.29 is 14.3 Å². The standard InChI is InChI=1S/C20H19NO3S/c1-24-14-5-2-4-12(8-14)15-11-19(23)21-16-9-13(10-17(22)20(15)16)18-6-3-7-25-18/h2-8,13,15H,9-11H2,1H3,(H,21,23)/t13-,15+/m0/s1. The number of ketones is 1. The topological polar surface area (TPSA) is 55.4 Å². The molecule has 0 spiro atoms. The molecule has 1 aromatic carbocycles. The average Bonchev–Trinajstić information content (AvgIpc) is 3.15. The van der Waals surface area contributed by atoms with Crippen molar-refractivity contribution >= 4 is 23.0 Å². The van der Waals surface area contributed by atoms with Crippen LogP contribution in [0.25, 0.3) is 0 Å². The molecule has 1 amide bonds. The van der Waals surface area contributed by atoms with E-state index >= 15 is 0 Å². The Hall–Kier alpha value is -2.40. The number of carbonyl (C=O) groups excluding carboxylic acids is 2. The van der Waals surface area contributed by atoms with E-state index in [9.17, 15) is 9.59 Å². The van der Waals surface area contributed by atoms with Gasteiger partial charge in [0, 0.05) is 40.8 Å². The fraction of sp³-hybridized carbons (Fsp3) is 0.300. The number of Topliss-reactive ketones (excluding diaryl/α,β-unsaturated/α-hetero) is 1. The minimum Gasteiger partial charge on any atom is -0.497 e. The molecule has 4 rings (SSSR count). The second-order valence-electron chi connectivity index (χ2n) is 6.52. The highest BCUT2D eigenvalue weighted by atomic mass is 32.1. The van der Waals surface area contributed by atoms with Gasteiger partial charge in [-0.05, 0) is 35.6 Å². The lowest BCUT2D eigenvalue weighted by molar-refractivity contribution is -0.122. The number of amides is 1. The Morgan fingerprint density at radius 2 is 2.00 bits per heavy atom. The van der Waals surface area contributed by atoms with Crippen LogP contribution in [-0.2, 0) is 9.59 Å². The van der Waals surface area contributed by atoms with Gasteiger partial charge in [-0.3, -0.25) is 9.59 Å². The summed E-state index contributed by atoms with van der Waals surface area (Å²) in [5.74, 6) is 0.843. The van der Waals surface area contributed by atoms with Crippen molar-refractivity contribution in [2.75, 3.05) is 7.11 Å². The molecule has 1 aliphatic heterocycles. The quantitative estimate of drug-likeness (QED) is 0.914. The third-order valence-corrected chi connectivity index (χ3v) is 6.01. The number of allylic oxidation sites excluding steroid dienone is 2. The lowest BCUT2D eigenvalue weighted by Crippen LogP contribution is -2.38. The van der Waals surface area contributed by atoms with Crippen LogP contribution in [0.1, 0.15) is 41.5 Å². The first-order chi connectivity index (χ1) is 12.2. The van der Waals surface area contributed by atoms with Gasteiger partial charge in [0.2, 0.25) is 5.91 Å². The molecule has 5 heteroatoms. The summed E-state index contributed by atoms with van der Waals surface area (Å²) in [6.45, 7) is 0. The largest absolute Gasteiger partial charge is 0.497 e. The summed E-state index contributed by atoms with van der Waals surface area (Å²) in [6, 6.07) is 11.7. The molecule has 0 unspecified atom stereocenters. The van der Waals surface area contributed by atoms with Crippen LogP contribution in [0, 0.1) is 0 Å². The minimum absolute atomic E-state index is 0.0220. The summed E-state index contributed by atoms with van der Waals surface area (Å²) in [5, 5.41) is 4.99. The number of rotatable bonds is 3. The van der Waals surface area contributed by atoms with Crippen molar-refractivity contribution in [3.63, 3.8) is 0 Å². The smallest absolute Gasteiger partial charge is 0.225 e. The van der Waals surface area contributed by atoms with Crippen molar-refractivity contribution in [2.24, 2.45) is 0 Å². The van der Waals surface area contributed by atoms with E-state index in [0.29, 0.717) is 19.3 Å². The maximum Gasteiger partial charge on any atom is 0.225 e. The Morgan fingerprint density at radius 1 is 1.12 bits per heavy atom. The number of nitrogens with one attached hydrogen (secondary N) is 1. The van der Waals surface area contributed by atoms with E-state index in [2.05, 4.69) is 11.4 Å². The Kier molecular flexibility index (Phi) is 4.17. The van der Waals surface area contributed by atoms with Crippen LogP contribution in [0.5, 0.6) is 5.75 Å². The van der Waals surface area contributed by atoms with E-state index in [1.54, 1.807) is 18.4 Å². The van der Waals surface area contributed by atoms with Gasteiger partial charge < -0.3 is 10.1 Å². The molecule has 1 N–H and O–H groups in total. The second kappa shape index (κ2) is 6.48. The number of hydrogen-bond acceptors (Lipinski definition) is 4. The maximum absolute atomic E-state index is 12.9. The van der Waals surface area contributed by atoms with Crippen molar-refractivity contribution in [3.8, 4) is 5.75 Å². The number of carbonyl (C=O) groups is 2. The van der Waals surface area contributed by atoms with E-state index in [1.807, 2.05) is 35.7 Å². The molecular formula is C20H19NO3S. The Bertz CT molecular complexity index is 854. The molecule has 25 heavy (non-hydrogen) atoms. The van der Waals surface area contributed by atoms with Gasteiger partial charge in [-0.1, -0.05) is 18.2 Å². The van der Waals surface area contributed by atoms with E-state index in [1.165, 1.54) is 4.88 Å². The molecular weight excluding hydrogens is 334 g/mol. The Morgan fingerprint density at radius 3 is 2.76 bits per heavy atom. The monoisotopic (exact) mass is 353 g/mol. The zero-order valence-electron chi connectivity index (χ0n) is 14.0. The lowest BCUT2D eigenvalue weighted by atomic mass is 9.74. The maximum atomic E-state index is 12.9. The van der Waals surface area contributed by atoms with Gasteiger partial charge >= 0.3 is 0 Å². The molecule has 1 aromatic heterocycles. The third-order valence-electron chi connectivity index (χ3n) is 4.98. The normalized spacial score (nSPS) is 23.2. The summed E-state index contributed by atoms with van der Waals surface area (Å²) in [5.41, 5.74) is 2.55. The van der Waals surface area contributed by atoms with Crippen LogP contribution in [0.3, 0.4) is 0 Å². The van der Waals surface area contributed by atoms with E-state index in [4.69, 9.17) is 4.74 Å². The molecule has 0 radical (unpaired) electrons. The Labute approximate surface area is 150 Å². The predicted molar refractivity (Wildman–Crippen MR) is 96.8 cm³/mol. The van der Waals surface area contributed by atoms with Crippen LogP contribution < -0.4 is 10.1 Å². The van der Waals surface area contributed by atoms with Gasteiger partial charge in [0.05, 0.1) is 7.11 Å². The molecule has 0 fully saturated rings. The van der Waals surface area contributed by atoms with Gasteiger partial charge in [0.15, 0.2) is 5.78 Å². The summed E-state index contributed by atoms with van der Waals surface area (Å²) >= 11 is 1.67. The summed E-state index contributed by atoms with van der Waals surface area (Å²) in [6.07, 6.45) is 1.53. The van der Waals surface area contributed by atoms with E-state index < -0.39 is 0 Å². The van der Waals surface area contributed by atoms with Crippen molar-refractivity contribution in [1.82, 2.24) is 5.32 Å². The first-order valence-electron chi connectivity index (χ1n) is 8.39. The highest BCUT2D eigenvalue weighted by Gasteiger charge is 2.38. The highest BCUT2D eigenvalue weighted by Crippen LogP contribution is 2.43. The zero-order chi connectivity index (χ0) is 17.4. The summed E-state index contributed by atoms with van der Waals surface area (Å²) in [7, 11) is 1.62. The van der Waals surface area contributed by atoms with Gasteiger partial charge in [-0.2, -0.15) is 0 Å². The number of hydrogen-bond donors (Lipinski definition) is 1. The van der Waals surface area contributed by atoms with Gasteiger partial charge in [-0.25, -0.2) is 0 Å². The van der Waals surface area contributed by atoms with Crippen LogP contribution in [0.15, 0.2) is 53.0 Å². The van der Waals surface area contributed by atoms with Crippen LogP contribution in [0.2, 0.25) is 0 Å². The van der Waals surface area contributed by atoms with Crippen LogP contribution in [-0.4, -0.2) is 18.8 Å². The molecule has 128 valence electrons. The number of thiophene rings is 1. The fourth-order valence-electron chi connectivity index (χ4n) is 3.83. The molecule has 4 nitrogen and oxygen atoms in total. The molecule has 2 aromatic rings. The SMILES string of the molecule is COc1cccc([C@H]2CC(=O)NC3=C2C(=O)C[C@@H](c2cccs2)C3)c1. The van der Waals surface area contributed by atoms with Crippen molar-refractivity contribution in [2.45, 2.75) is 31.1 Å². The number of benzene rings is 1. The van der Waals surface area contributed by atoms with Crippen LogP contribution >= 0.6 is 11.3 Å². The molecule has 1 aliphatic carbocycles. The highest BCUT2D eigenvalue weighted by molar-refractivity contribution is 7.10. The predicted octanol–water partition coefficient (Wildman–Crippen LogP) is 3.76. The van der Waals surface area contributed by atoms with Gasteiger partial charge in [0.1, 0.15) is 5.75 Å². The lowest BCUT2D eigenvalue weighted by Gasteiger charge is -2.34. The molecule has 0 bridgehead atoms. The van der Waals surface area contributed by atoms with Gasteiger partial charge in [0.25, 0.3) is 0 Å². The molecule has 0 saturated heterocycles. The average molecular weight is 353 g/mol. The Balaban J connectivity index is 1.73. The summed E-state index contributed by atoms with van der Waals surface area (Å²) in [4.78, 5) is 26.4.